The zero-order chi connectivity index (χ0) is 18.2. The first kappa shape index (κ1) is 17.2. The Labute approximate surface area is 141 Å². The molecular formula is C16H16F4N4O. The van der Waals surface area contributed by atoms with Gasteiger partial charge in [-0.15, -0.1) is 0 Å². The van der Waals surface area contributed by atoms with Crippen LogP contribution in [0.5, 0.6) is 0 Å². The Kier molecular flexibility index (Phi) is 4.40. The maximum Gasteiger partial charge on any atom is 0.435 e. The number of aryl methyl sites for hydroxylation is 1. The minimum Gasteiger partial charge on any atom is -0.368 e. The monoisotopic (exact) mass is 356 g/mol. The van der Waals surface area contributed by atoms with Crippen LogP contribution in [-0.4, -0.2) is 46.8 Å². The van der Waals surface area contributed by atoms with Crippen LogP contribution in [-0.2, 0) is 13.2 Å². The highest BCUT2D eigenvalue weighted by Gasteiger charge is 2.40. The first-order chi connectivity index (χ1) is 11.8. The second-order valence-corrected chi connectivity index (χ2v) is 5.82. The van der Waals surface area contributed by atoms with Crippen LogP contribution in [0.25, 0.3) is 0 Å². The molecule has 1 fully saturated rings. The largest absolute Gasteiger partial charge is 0.435 e. The van der Waals surface area contributed by atoms with Gasteiger partial charge in [0.1, 0.15) is 5.82 Å². The van der Waals surface area contributed by atoms with Crippen molar-refractivity contribution in [2.24, 2.45) is 7.05 Å². The van der Waals surface area contributed by atoms with E-state index in [0.29, 0.717) is 13.1 Å². The van der Waals surface area contributed by atoms with Gasteiger partial charge in [-0.25, -0.2) is 4.39 Å². The van der Waals surface area contributed by atoms with E-state index < -0.39 is 23.3 Å². The molecule has 25 heavy (non-hydrogen) atoms. The Balaban J connectivity index is 1.71. The summed E-state index contributed by atoms with van der Waals surface area (Å²) in [6.07, 6.45) is -3.58. The smallest absolute Gasteiger partial charge is 0.368 e. The van der Waals surface area contributed by atoms with Gasteiger partial charge >= 0.3 is 6.18 Å². The van der Waals surface area contributed by atoms with Crippen molar-refractivity contribution in [3.63, 3.8) is 0 Å². The molecule has 0 aliphatic carbocycles. The molecule has 134 valence electrons. The van der Waals surface area contributed by atoms with Crippen LogP contribution in [0.4, 0.5) is 23.2 Å². The number of hydrogen-bond donors (Lipinski definition) is 0. The summed E-state index contributed by atoms with van der Waals surface area (Å²) in [5.41, 5.74) is -0.794. The predicted octanol–water partition coefficient (Wildman–Crippen LogP) is 2.54. The number of anilines is 1. The number of aromatic nitrogens is 2. The van der Waals surface area contributed by atoms with E-state index in [9.17, 15) is 22.4 Å². The van der Waals surface area contributed by atoms with Gasteiger partial charge < -0.3 is 9.80 Å². The second-order valence-electron chi connectivity index (χ2n) is 5.82. The van der Waals surface area contributed by atoms with Crippen molar-refractivity contribution >= 4 is 11.6 Å². The Morgan fingerprint density at radius 2 is 1.68 bits per heavy atom. The van der Waals surface area contributed by atoms with Crippen LogP contribution < -0.4 is 4.90 Å². The van der Waals surface area contributed by atoms with E-state index in [0.717, 1.165) is 16.6 Å². The summed E-state index contributed by atoms with van der Waals surface area (Å²) in [4.78, 5) is 15.8. The fraction of sp³-hybridized carbons (Fsp3) is 0.375. The number of benzene rings is 1. The summed E-state index contributed by atoms with van der Waals surface area (Å²) in [7, 11) is 1.35. The molecule has 0 saturated carbocycles. The van der Waals surface area contributed by atoms with Crippen molar-refractivity contribution in [1.29, 1.82) is 0 Å². The number of carbonyl (C=O) groups is 1. The Morgan fingerprint density at radius 3 is 2.24 bits per heavy atom. The van der Waals surface area contributed by atoms with Gasteiger partial charge in [-0.2, -0.15) is 18.3 Å². The van der Waals surface area contributed by atoms with Crippen molar-refractivity contribution < 1.29 is 22.4 Å². The van der Waals surface area contributed by atoms with E-state index in [2.05, 4.69) is 5.10 Å². The van der Waals surface area contributed by atoms with Gasteiger partial charge in [0.05, 0.1) is 5.56 Å². The van der Waals surface area contributed by atoms with Crippen molar-refractivity contribution in [2.45, 2.75) is 6.18 Å². The van der Waals surface area contributed by atoms with Gasteiger partial charge in [-0.3, -0.25) is 9.48 Å². The van der Waals surface area contributed by atoms with E-state index in [4.69, 9.17) is 0 Å². The van der Waals surface area contributed by atoms with Gasteiger partial charge in [-0.05, 0) is 24.3 Å². The molecule has 0 N–H and O–H groups in total. The number of hydrogen-bond acceptors (Lipinski definition) is 3. The molecule has 1 aliphatic rings. The van der Waals surface area contributed by atoms with Gasteiger partial charge in [-0.1, -0.05) is 0 Å². The normalized spacial score (nSPS) is 15.6. The summed E-state index contributed by atoms with van der Waals surface area (Å²) >= 11 is 0. The molecule has 1 amide bonds. The molecule has 9 heteroatoms. The summed E-state index contributed by atoms with van der Waals surface area (Å²) in [6, 6.07) is 5.96. The number of carbonyl (C=O) groups excluding carboxylic acids is 1. The maximum atomic E-state index is 13.0. The highest BCUT2D eigenvalue weighted by molar-refractivity contribution is 5.95. The molecule has 1 aliphatic heterocycles. The van der Waals surface area contributed by atoms with E-state index in [1.54, 1.807) is 12.1 Å². The van der Waals surface area contributed by atoms with Crippen molar-refractivity contribution in [3.05, 3.63) is 47.5 Å². The Hall–Kier alpha value is -2.58. The minimum atomic E-state index is -4.68. The van der Waals surface area contributed by atoms with Gasteiger partial charge in [0.15, 0.2) is 5.69 Å². The average molecular weight is 356 g/mol. The molecule has 2 heterocycles. The van der Waals surface area contributed by atoms with Crippen molar-refractivity contribution in [3.8, 4) is 0 Å². The van der Waals surface area contributed by atoms with E-state index in [1.165, 1.54) is 24.1 Å². The molecule has 3 rings (SSSR count). The third-order valence-electron chi connectivity index (χ3n) is 4.09. The maximum absolute atomic E-state index is 13.0. The molecule has 0 atom stereocenters. The van der Waals surface area contributed by atoms with Crippen molar-refractivity contribution in [2.75, 3.05) is 31.1 Å². The Bertz CT molecular complexity index is 761. The first-order valence-corrected chi connectivity index (χ1v) is 7.66. The standard InChI is InChI=1S/C16H16F4N4O/c1-22-10-13(14(21-22)16(18,19)20)15(25)24-8-6-23(7-9-24)12-4-2-11(17)3-5-12/h2-5,10H,6-9H2,1H3. The number of alkyl halides is 3. The van der Waals surface area contributed by atoms with Crippen LogP contribution in [0.1, 0.15) is 16.1 Å². The van der Waals surface area contributed by atoms with E-state index in [-0.39, 0.29) is 18.9 Å². The molecule has 5 nitrogen and oxygen atoms in total. The van der Waals surface area contributed by atoms with E-state index in [1.807, 2.05) is 4.90 Å². The zero-order valence-electron chi connectivity index (χ0n) is 13.4. The summed E-state index contributed by atoms with van der Waals surface area (Å²) in [6.45, 7) is 1.47. The molecule has 1 aromatic heterocycles. The number of halogens is 4. The number of nitrogens with zero attached hydrogens (tertiary/aromatic N) is 4. The highest BCUT2D eigenvalue weighted by atomic mass is 19.4. The average Bonchev–Trinajstić information content (AvgIpc) is 2.97. The fourth-order valence-electron chi connectivity index (χ4n) is 2.84. The van der Waals surface area contributed by atoms with Crippen LogP contribution in [0.15, 0.2) is 30.5 Å². The lowest BCUT2D eigenvalue weighted by Crippen LogP contribution is -2.49. The topological polar surface area (TPSA) is 41.4 Å². The summed E-state index contributed by atoms with van der Waals surface area (Å²) in [5.74, 6) is -1.02. The van der Waals surface area contributed by atoms with Crippen molar-refractivity contribution in [1.82, 2.24) is 14.7 Å². The number of amides is 1. The minimum absolute atomic E-state index is 0.280. The molecular weight excluding hydrogens is 340 g/mol. The molecule has 0 unspecified atom stereocenters. The first-order valence-electron chi connectivity index (χ1n) is 7.66. The lowest BCUT2D eigenvalue weighted by Gasteiger charge is -2.36. The summed E-state index contributed by atoms with van der Waals surface area (Å²) in [5, 5.41) is 3.37. The molecule has 2 aromatic rings. The lowest BCUT2D eigenvalue weighted by molar-refractivity contribution is -0.141. The van der Waals surface area contributed by atoms with Crippen LogP contribution >= 0.6 is 0 Å². The number of rotatable bonds is 2. The van der Waals surface area contributed by atoms with Crippen LogP contribution in [0.2, 0.25) is 0 Å². The predicted molar refractivity (Wildman–Crippen MR) is 82.7 cm³/mol. The highest BCUT2D eigenvalue weighted by Crippen LogP contribution is 2.31. The van der Waals surface area contributed by atoms with Gasteiger partial charge in [0.25, 0.3) is 5.91 Å². The van der Waals surface area contributed by atoms with Crippen LogP contribution in [0, 0.1) is 5.82 Å². The SMILES string of the molecule is Cn1cc(C(=O)N2CCN(c3ccc(F)cc3)CC2)c(C(F)(F)F)n1. The van der Waals surface area contributed by atoms with Crippen LogP contribution in [0.3, 0.4) is 0 Å². The summed E-state index contributed by atoms with van der Waals surface area (Å²) < 4.78 is 53.0. The third kappa shape index (κ3) is 3.59. The fourth-order valence-corrected chi connectivity index (χ4v) is 2.84. The Morgan fingerprint density at radius 1 is 1.08 bits per heavy atom. The lowest BCUT2D eigenvalue weighted by atomic mass is 10.2. The molecule has 1 aromatic carbocycles. The quantitative estimate of drug-likeness (QED) is 0.777. The van der Waals surface area contributed by atoms with Gasteiger partial charge in [0, 0.05) is 45.1 Å². The molecule has 0 radical (unpaired) electrons. The second kappa shape index (κ2) is 6.38. The third-order valence-corrected chi connectivity index (χ3v) is 4.09. The molecule has 0 spiro atoms. The zero-order valence-corrected chi connectivity index (χ0v) is 13.4. The van der Waals surface area contributed by atoms with Gasteiger partial charge in [0.2, 0.25) is 0 Å². The number of piperazine rings is 1. The molecule has 1 saturated heterocycles. The molecule has 0 bridgehead atoms. The van der Waals surface area contributed by atoms with E-state index >= 15 is 0 Å².